The quantitative estimate of drug-likeness (QED) is 0.754. The smallest absolute Gasteiger partial charge is 0.157 e. The van der Waals surface area contributed by atoms with Crippen molar-refractivity contribution < 1.29 is 0 Å². The summed E-state index contributed by atoms with van der Waals surface area (Å²) < 4.78 is 2.29. The first-order valence-corrected chi connectivity index (χ1v) is 6.57. The van der Waals surface area contributed by atoms with Crippen molar-refractivity contribution in [1.29, 1.82) is 0 Å². The average molecular weight is 331 g/mol. The van der Waals surface area contributed by atoms with Crippen molar-refractivity contribution in [2.45, 2.75) is 26.2 Å². The lowest BCUT2D eigenvalue weighted by atomic mass is 9.95. The van der Waals surface area contributed by atoms with E-state index >= 15 is 0 Å². The Kier molecular flexibility index (Phi) is 3.42. The van der Waals surface area contributed by atoms with Crippen LogP contribution < -0.4 is 0 Å². The minimum absolute atomic E-state index is 0.169. The van der Waals surface area contributed by atoms with Crippen molar-refractivity contribution in [2.75, 3.05) is 0 Å². The van der Waals surface area contributed by atoms with Crippen LogP contribution in [-0.2, 0) is 12.5 Å². The number of hydrogen-bond donors (Lipinski definition) is 0. The highest BCUT2D eigenvalue weighted by atomic mass is 79.9. The summed E-state index contributed by atoms with van der Waals surface area (Å²) in [6.45, 7) is 6.12. The Morgan fingerprint density at radius 1 is 1.28 bits per heavy atom. The molecule has 0 atom stereocenters. The molecular weight excluding hydrogens is 318 g/mol. The number of nitrogens with zero attached hydrogens (tertiary/aromatic N) is 5. The van der Waals surface area contributed by atoms with E-state index in [0.717, 1.165) is 5.69 Å². The third-order valence-electron chi connectivity index (χ3n) is 2.39. The van der Waals surface area contributed by atoms with E-state index in [2.05, 4.69) is 36.2 Å². The van der Waals surface area contributed by atoms with Gasteiger partial charge < -0.3 is 0 Å². The minimum atomic E-state index is -0.169. The summed E-state index contributed by atoms with van der Waals surface area (Å²) in [6, 6.07) is 1.71. The highest BCUT2D eigenvalue weighted by Gasteiger charge is 2.21. The zero-order valence-corrected chi connectivity index (χ0v) is 12.9. The third kappa shape index (κ3) is 2.54. The molecule has 96 valence electrons. The molecule has 2 rings (SSSR count). The van der Waals surface area contributed by atoms with Crippen molar-refractivity contribution in [1.82, 2.24) is 25.0 Å². The number of hydrogen-bond acceptors (Lipinski definition) is 4. The normalized spacial score (nSPS) is 11.9. The fraction of sp³-hybridized carbons (Fsp3) is 0.455. The van der Waals surface area contributed by atoms with Crippen LogP contribution in [0.1, 0.15) is 26.6 Å². The lowest BCUT2D eigenvalue weighted by Crippen LogP contribution is -2.16. The highest BCUT2D eigenvalue weighted by Crippen LogP contribution is 2.28. The van der Waals surface area contributed by atoms with E-state index in [0.29, 0.717) is 21.3 Å². The van der Waals surface area contributed by atoms with Crippen LogP contribution in [-0.4, -0.2) is 25.0 Å². The van der Waals surface area contributed by atoms with Crippen molar-refractivity contribution >= 4 is 27.5 Å². The van der Waals surface area contributed by atoms with E-state index in [1.54, 1.807) is 17.8 Å². The van der Waals surface area contributed by atoms with Crippen molar-refractivity contribution in [3.05, 3.63) is 21.6 Å². The van der Waals surface area contributed by atoms with Crippen LogP contribution in [0.15, 0.2) is 10.7 Å². The van der Waals surface area contributed by atoms with E-state index in [4.69, 9.17) is 11.6 Å². The van der Waals surface area contributed by atoms with Gasteiger partial charge in [-0.1, -0.05) is 37.6 Å². The molecule has 0 spiro atoms. The molecule has 0 bridgehead atoms. The molecule has 0 saturated heterocycles. The lowest BCUT2D eigenvalue weighted by molar-refractivity contribution is 0.545. The van der Waals surface area contributed by atoms with Gasteiger partial charge in [0.1, 0.15) is 16.7 Å². The van der Waals surface area contributed by atoms with Gasteiger partial charge in [0.2, 0.25) is 0 Å². The summed E-state index contributed by atoms with van der Waals surface area (Å²) in [5.74, 6) is 0.693. The van der Waals surface area contributed by atoms with Gasteiger partial charge in [-0.25, -0.2) is 14.6 Å². The van der Waals surface area contributed by atoms with Gasteiger partial charge in [-0.3, -0.25) is 0 Å². The number of halogens is 2. The van der Waals surface area contributed by atoms with Crippen LogP contribution in [0.5, 0.6) is 0 Å². The standard InChI is InChI=1S/C11H13BrClN5/c1-11(2,3)10-14-6(5-7(13)15-10)8-9(12)16-17-18(8)4/h5H,1-4H3. The second-order valence-corrected chi connectivity index (χ2v) is 6.14. The molecule has 0 amide bonds. The Bertz CT molecular complexity index is 568. The van der Waals surface area contributed by atoms with Gasteiger partial charge in [-0.2, -0.15) is 0 Å². The van der Waals surface area contributed by atoms with Crippen LogP contribution in [0.25, 0.3) is 11.4 Å². The largest absolute Gasteiger partial charge is 0.245 e. The van der Waals surface area contributed by atoms with Gasteiger partial charge in [0, 0.05) is 18.5 Å². The van der Waals surface area contributed by atoms with E-state index in [1.807, 2.05) is 20.8 Å². The number of aryl methyl sites for hydroxylation is 1. The zero-order chi connectivity index (χ0) is 13.5. The summed E-state index contributed by atoms with van der Waals surface area (Å²) in [5.41, 5.74) is 1.32. The van der Waals surface area contributed by atoms with Gasteiger partial charge in [0.15, 0.2) is 4.60 Å². The van der Waals surface area contributed by atoms with Crippen LogP contribution in [0, 0.1) is 0 Å². The first-order valence-electron chi connectivity index (χ1n) is 5.39. The Morgan fingerprint density at radius 2 is 1.94 bits per heavy atom. The maximum atomic E-state index is 6.06. The molecule has 2 heterocycles. The summed E-state index contributed by atoms with van der Waals surface area (Å²) in [6.07, 6.45) is 0. The van der Waals surface area contributed by atoms with Gasteiger partial charge in [0.05, 0.1) is 5.69 Å². The first kappa shape index (κ1) is 13.4. The number of aromatic nitrogens is 5. The van der Waals surface area contributed by atoms with E-state index < -0.39 is 0 Å². The average Bonchev–Trinajstić information content (AvgIpc) is 2.56. The van der Waals surface area contributed by atoms with Gasteiger partial charge >= 0.3 is 0 Å². The fourth-order valence-electron chi connectivity index (χ4n) is 1.48. The second kappa shape index (κ2) is 4.59. The third-order valence-corrected chi connectivity index (χ3v) is 3.12. The molecule has 2 aromatic rings. The molecule has 0 radical (unpaired) electrons. The van der Waals surface area contributed by atoms with Crippen molar-refractivity contribution in [3.8, 4) is 11.4 Å². The summed E-state index contributed by atoms with van der Waals surface area (Å²) in [4.78, 5) is 8.81. The molecule has 0 aliphatic heterocycles. The van der Waals surface area contributed by atoms with Crippen molar-refractivity contribution in [2.24, 2.45) is 7.05 Å². The van der Waals surface area contributed by atoms with Crippen molar-refractivity contribution in [3.63, 3.8) is 0 Å². The maximum absolute atomic E-state index is 6.06. The molecule has 0 aliphatic carbocycles. The van der Waals surface area contributed by atoms with Gasteiger partial charge in [-0.05, 0) is 15.9 Å². The summed E-state index contributed by atoms with van der Waals surface area (Å²) in [7, 11) is 1.81. The van der Waals surface area contributed by atoms with Gasteiger partial charge in [-0.15, -0.1) is 5.10 Å². The van der Waals surface area contributed by atoms with Crippen LogP contribution >= 0.6 is 27.5 Å². The van der Waals surface area contributed by atoms with Crippen LogP contribution in [0.4, 0.5) is 0 Å². The summed E-state index contributed by atoms with van der Waals surface area (Å²) >= 11 is 9.42. The minimum Gasteiger partial charge on any atom is -0.245 e. The Hall–Kier alpha value is -1.01. The first-order chi connectivity index (χ1) is 8.29. The zero-order valence-electron chi connectivity index (χ0n) is 10.6. The highest BCUT2D eigenvalue weighted by molar-refractivity contribution is 9.10. The Morgan fingerprint density at radius 3 is 2.44 bits per heavy atom. The molecule has 0 N–H and O–H groups in total. The number of rotatable bonds is 1. The van der Waals surface area contributed by atoms with E-state index in [9.17, 15) is 0 Å². The topological polar surface area (TPSA) is 56.5 Å². The maximum Gasteiger partial charge on any atom is 0.157 e. The van der Waals surface area contributed by atoms with Crippen LogP contribution in [0.2, 0.25) is 5.15 Å². The Balaban J connectivity index is 2.63. The molecule has 0 saturated carbocycles. The molecule has 0 aliphatic rings. The fourth-order valence-corrected chi connectivity index (χ4v) is 2.19. The SMILES string of the molecule is Cn1nnc(Br)c1-c1cc(Cl)nc(C(C)(C)C)n1. The molecule has 5 nitrogen and oxygen atoms in total. The van der Waals surface area contributed by atoms with E-state index in [1.165, 1.54) is 0 Å². The molecule has 18 heavy (non-hydrogen) atoms. The monoisotopic (exact) mass is 329 g/mol. The second-order valence-electron chi connectivity index (χ2n) is 5.00. The molecule has 0 aromatic carbocycles. The van der Waals surface area contributed by atoms with Gasteiger partial charge in [0.25, 0.3) is 0 Å². The molecule has 0 unspecified atom stereocenters. The predicted molar refractivity (Wildman–Crippen MR) is 73.4 cm³/mol. The molecular formula is C11H13BrClN5. The summed E-state index contributed by atoms with van der Waals surface area (Å²) in [5, 5.41) is 8.29. The Labute approximate surface area is 119 Å². The molecule has 2 aromatic heterocycles. The predicted octanol–water partition coefficient (Wildman–Crippen LogP) is 2.99. The van der Waals surface area contributed by atoms with Crippen LogP contribution in [0.3, 0.4) is 0 Å². The molecule has 7 heteroatoms. The lowest BCUT2D eigenvalue weighted by Gasteiger charge is -2.17. The molecule has 0 fully saturated rings. The van der Waals surface area contributed by atoms with E-state index in [-0.39, 0.29) is 5.41 Å².